The Labute approximate surface area is 123 Å². The lowest BCUT2D eigenvalue weighted by molar-refractivity contribution is 1.46. The zero-order chi connectivity index (χ0) is 13.1. The molecule has 0 heterocycles. The highest BCUT2D eigenvalue weighted by molar-refractivity contribution is 9.10. The Morgan fingerprint density at radius 2 is 1.83 bits per heavy atom. The van der Waals surface area contributed by atoms with Crippen molar-refractivity contribution in [1.29, 1.82) is 5.26 Å². The van der Waals surface area contributed by atoms with Crippen molar-refractivity contribution in [2.75, 3.05) is 5.32 Å². The lowest BCUT2D eigenvalue weighted by atomic mass is 10.2. The zero-order valence-corrected chi connectivity index (χ0v) is 12.1. The van der Waals surface area contributed by atoms with Crippen LogP contribution in [-0.4, -0.2) is 0 Å². The van der Waals surface area contributed by atoms with E-state index in [1.807, 2.05) is 12.1 Å². The van der Waals surface area contributed by atoms with Crippen LogP contribution in [0.1, 0.15) is 5.56 Å². The Kier molecular flexibility index (Phi) is 4.13. The average molecular weight is 342 g/mol. The fraction of sp³-hybridized carbons (Fsp3) is 0. The molecule has 0 amide bonds. The Balaban J connectivity index is 2.43. The van der Waals surface area contributed by atoms with E-state index < -0.39 is 0 Å². The highest BCUT2D eigenvalue weighted by atomic mass is 79.9. The second kappa shape index (κ2) is 5.62. The zero-order valence-electron chi connectivity index (χ0n) is 9.05. The molecule has 0 spiro atoms. The van der Waals surface area contributed by atoms with Crippen molar-refractivity contribution in [3.05, 3.63) is 56.5 Å². The summed E-state index contributed by atoms with van der Waals surface area (Å²) >= 11 is 15.4. The minimum absolute atomic E-state index is 0.510. The second-order valence-corrected chi connectivity index (χ2v) is 5.31. The molecule has 0 aliphatic carbocycles. The summed E-state index contributed by atoms with van der Waals surface area (Å²) < 4.78 is 0.898. The van der Waals surface area contributed by atoms with Crippen LogP contribution in [0.2, 0.25) is 10.0 Å². The summed E-state index contributed by atoms with van der Waals surface area (Å²) in [7, 11) is 0. The smallest absolute Gasteiger partial charge is 0.101 e. The van der Waals surface area contributed by atoms with Gasteiger partial charge in [-0.2, -0.15) is 5.26 Å². The number of hydrogen-bond donors (Lipinski definition) is 1. The average Bonchev–Trinajstić information content (AvgIpc) is 2.34. The molecule has 0 unspecified atom stereocenters. The molecular formula is C13H7BrCl2N2. The molecule has 2 aromatic carbocycles. The van der Waals surface area contributed by atoms with Gasteiger partial charge in [-0.1, -0.05) is 39.1 Å². The molecule has 0 saturated carbocycles. The van der Waals surface area contributed by atoms with Gasteiger partial charge in [-0.3, -0.25) is 0 Å². The third kappa shape index (κ3) is 2.97. The topological polar surface area (TPSA) is 35.8 Å². The fourth-order valence-electron chi connectivity index (χ4n) is 1.46. The van der Waals surface area contributed by atoms with Crippen molar-refractivity contribution in [2.24, 2.45) is 0 Å². The third-order valence-electron chi connectivity index (χ3n) is 2.30. The first-order valence-corrected chi connectivity index (χ1v) is 6.57. The fourth-order valence-corrected chi connectivity index (χ4v) is 2.15. The van der Waals surface area contributed by atoms with E-state index in [0.717, 1.165) is 4.47 Å². The van der Waals surface area contributed by atoms with E-state index in [0.29, 0.717) is 27.0 Å². The predicted molar refractivity (Wildman–Crippen MR) is 78.6 cm³/mol. The molecule has 5 heteroatoms. The van der Waals surface area contributed by atoms with Gasteiger partial charge in [0.2, 0.25) is 0 Å². The highest BCUT2D eigenvalue weighted by Gasteiger charge is 2.06. The minimum atomic E-state index is 0.510. The molecule has 2 rings (SSSR count). The Morgan fingerprint density at radius 1 is 1.06 bits per heavy atom. The third-order valence-corrected chi connectivity index (χ3v) is 3.36. The summed E-state index contributed by atoms with van der Waals surface area (Å²) in [5, 5.41) is 13.3. The van der Waals surface area contributed by atoms with Crippen LogP contribution in [0.25, 0.3) is 0 Å². The van der Waals surface area contributed by atoms with Crippen LogP contribution in [0.15, 0.2) is 40.9 Å². The summed E-state index contributed by atoms with van der Waals surface area (Å²) in [5.74, 6) is 0. The lowest BCUT2D eigenvalue weighted by Gasteiger charge is -2.10. The maximum absolute atomic E-state index is 9.04. The first-order valence-electron chi connectivity index (χ1n) is 5.02. The number of halogens is 3. The van der Waals surface area contributed by atoms with Gasteiger partial charge in [0, 0.05) is 9.50 Å². The number of hydrogen-bond acceptors (Lipinski definition) is 2. The van der Waals surface area contributed by atoms with E-state index in [1.165, 1.54) is 0 Å². The molecule has 0 aliphatic rings. The van der Waals surface area contributed by atoms with E-state index in [2.05, 4.69) is 27.3 Å². The van der Waals surface area contributed by atoms with Crippen molar-refractivity contribution < 1.29 is 0 Å². The van der Waals surface area contributed by atoms with Gasteiger partial charge >= 0.3 is 0 Å². The number of nitrogens with zero attached hydrogens (tertiary/aromatic N) is 1. The molecule has 0 radical (unpaired) electrons. The van der Waals surface area contributed by atoms with Crippen LogP contribution in [-0.2, 0) is 0 Å². The highest BCUT2D eigenvalue weighted by Crippen LogP contribution is 2.31. The number of rotatable bonds is 2. The molecule has 2 aromatic rings. The Hall–Kier alpha value is -1.21. The minimum Gasteiger partial charge on any atom is -0.353 e. The summed E-state index contributed by atoms with van der Waals surface area (Å²) in [5.41, 5.74) is 1.85. The number of benzene rings is 2. The van der Waals surface area contributed by atoms with Crippen LogP contribution < -0.4 is 5.32 Å². The monoisotopic (exact) mass is 340 g/mol. The molecule has 0 atom stereocenters. The molecular weight excluding hydrogens is 335 g/mol. The van der Waals surface area contributed by atoms with Crippen molar-refractivity contribution in [3.63, 3.8) is 0 Å². The van der Waals surface area contributed by atoms with Gasteiger partial charge in [0.15, 0.2) is 0 Å². The maximum atomic E-state index is 9.04. The van der Waals surface area contributed by atoms with Crippen molar-refractivity contribution in [1.82, 2.24) is 0 Å². The number of nitrogens with one attached hydrogen (secondary N) is 1. The van der Waals surface area contributed by atoms with Gasteiger partial charge in [0.1, 0.15) is 6.07 Å². The van der Waals surface area contributed by atoms with Crippen LogP contribution >= 0.6 is 39.1 Å². The van der Waals surface area contributed by atoms with E-state index in [9.17, 15) is 0 Å². The molecule has 2 nitrogen and oxygen atoms in total. The largest absolute Gasteiger partial charge is 0.353 e. The first kappa shape index (κ1) is 13.2. The van der Waals surface area contributed by atoms with Crippen LogP contribution in [0.5, 0.6) is 0 Å². The van der Waals surface area contributed by atoms with Crippen LogP contribution in [0.3, 0.4) is 0 Å². The van der Waals surface area contributed by atoms with Crippen molar-refractivity contribution >= 4 is 50.5 Å². The van der Waals surface area contributed by atoms with Gasteiger partial charge in [0.25, 0.3) is 0 Å². The van der Waals surface area contributed by atoms with E-state index in [4.69, 9.17) is 28.5 Å². The quantitative estimate of drug-likeness (QED) is 0.796. The standard InChI is InChI=1S/C13H7BrCl2N2/c14-9-2-4-11(16)13(5-9)18-12-6-10(15)3-1-8(12)7-17/h1-6,18H. The van der Waals surface area contributed by atoms with Gasteiger partial charge in [-0.05, 0) is 36.4 Å². The summed E-state index contributed by atoms with van der Waals surface area (Å²) in [4.78, 5) is 0. The molecule has 0 aliphatic heterocycles. The van der Waals surface area contributed by atoms with Crippen LogP contribution in [0, 0.1) is 11.3 Å². The van der Waals surface area contributed by atoms with Gasteiger partial charge in [-0.15, -0.1) is 0 Å². The number of nitriles is 1. The Morgan fingerprint density at radius 3 is 2.56 bits per heavy atom. The number of anilines is 2. The second-order valence-electron chi connectivity index (χ2n) is 3.55. The summed E-state index contributed by atoms with van der Waals surface area (Å²) in [6.07, 6.45) is 0. The molecule has 0 fully saturated rings. The molecule has 0 bridgehead atoms. The predicted octanol–water partition coefficient (Wildman–Crippen LogP) is 5.37. The van der Waals surface area contributed by atoms with E-state index >= 15 is 0 Å². The van der Waals surface area contributed by atoms with E-state index in [-0.39, 0.29) is 0 Å². The van der Waals surface area contributed by atoms with Gasteiger partial charge in [0.05, 0.1) is 22.0 Å². The van der Waals surface area contributed by atoms with Crippen LogP contribution in [0.4, 0.5) is 11.4 Å². The summed E-state index contributed by atoms with van der Waals surface area (Å²) in [6, 6.07) is 12.6. The first-order chi connectivity index (χ1) is 8.60. The Bertz CT molecular complexity index is 635. The normalized spacial score (nSPS) is 9.89. The molecule has 0 saturated heterocycles. The van der Waals surface area contributed by atoms with Gasteiger partial charge in [-0.25, -0.2) is 0 Å². The molecule has 0 aromatic heterocycles. The lowest BCUT2D eigenvalue weighted by Crippen LogP contribution is -1.94. The maximum Gasteiger partial charge on any atom is 0.101 e. The van der Waals surface area contributed by atoms with Crippen molar-refractivity contribution in [2.45, 2.75) is 0 Å². The molecule has 18 heavy (non-hydrogen) atoms. The van der Waals surface area contributed by atoms with E-state index in [1.54, 1.807) is 24.3 Å². The van der Waals surface area contributed by atoms with Crippen molar-refractivity contribution in [3.8, 4) is 6.07 Å². The molecule has 90 valence electrons. The molecule has 1 N–H and O–H groups in total. The van der Waals surface area contributed by atoms with Gasteiger partial charge < -0.3 is 5.32 Å². The SMILES string of the molecule is N#Cc1ccc(Cl)cc1Nc1cc(Br)ccc1Cl. The summed E-state index contributed by atoms with van der Waals surface area (Å²) in [6.45, 7) is 0.